The molecular weight excluding hydrogens is 318 g/mol. The van der Waals surface area contributed by atoms with E-state index in [1.54, 1.807) is 19.3 Å². The highest BCUT2D eigenvalue weighted by atomic mass is 32.1. The summed E-state index contributed by atoms with van der Waals surface area (Å²) < 4.78 is 5.32. The van der Waals surface area contributed by atoms with Crippen LogP contribution in [-0.2, 0) is 0 Å². The molecule has 2 heterocycles. The van der Waals surface area contributed by atoms with E-state index in [0.29, 0.717) is 0 Å². The van der Waals surface area contributed by atoms with Gasteiger partial charge in [-0.1, -0.05) is 18.2 Å². The number of hydrogen-bond acceptors (Lipinski definition) is 6. The van der Waals surface area contributed by atoms with Crippen LogP contribution < -0.4 is 10.3 Å². The Balaban J connectivity index is 1.99. The van der Waals surface area contributed by atoms with Gasteiger partial charge in [0.05, 0.1) is 17.4 Å². The molecule has 116 valence electrons. The fourth-order valence-electron chi connectivity index (χ4n) is 2.03. The molecule has 7 nitrogen and oxygen atoms in total. The van der Waals surface area contributed by atoms with Gasteiger partial charge < -0.3 is 9.72 Å². The van der Waals surface area contributed by atoms with Gasteiger partial charge >= 0.3 is 5.69 Å². The van der Waals surface area contributed by atoms with E-state index in [1.807, 2.05) is 24.3 Å². The van der Waals surface area contributed by atoms with Crippen LogP contribution in [-0.4, -0.2) is 22.0 Å². The molecule has 1 aromatic carbocycles. The number of H-pyrrole nitrogens is 1. The number of fused-ring (bicyclic) bond motifs is 1. The first-order valence-electron chi connectivity index (χ1n) is 6.56. The number of hydrogen-bond donors (Lipinski definition) is 1. The topological polar surface area (TPSA) is 98.1 Å². The van der Waals surface area contributed by atoms with Crippen molar-refractivity contribution in [3.8, 4) is 5.75 Å². The van der Waals surface area contributed by atoms with E-state index in [1.165, 1.54) is 5.38 Å². The monoisotopic (exact) mass is 329 g/mol. The molecule has 0 aliphatic rings. The molecule has 0 radical (unpaired) electrons. The number of aromatic nitrogens is 2. The first-order chi connectivity index (χ1) is 11.1. The number of methoxy groups -OCH3 is 1. The maximum Gasteiger partial charge on any atom is 0.306 e. The normalized spacial score (nSPS) is 11.2. The van der Waals surface area contributed by atoms with Gasteiger partial charge in [0.25, 0.3) is 5.56 Å². The van der Waals surface area contributed by atoms with Gasteiger partial charge in [0.1, 0.15) is 16.3 Å². The number of nitrogens with one attached hydrogen (secondary N) is 1. The van der Waals surface area contributed by atoms with Crippen LogP contribution in [0.3, 0.4) is 0 Å². The second-order valence-corrected chi connectivity index (χ2v) is 5.49. The average Bonchev–Trinajstić information content (AvgIpc) is 2.98. The summed E-state index contributed by atoms with van der Waals surface area (Å²) in [4.78, 5) is 29.2. The van der Waals surface area contributed by atoms with E-state index in [4.69, 9.17) is 4.74 Å². The van der Waals surface area contributed by atoms with Crippen LogP contribution in [0.5, 0.6) is 5.75 Å². The summed E-state index contributed by atoms with van der Waals surface area (Å²) in [6.07, 6.45) is 3.35. The maximum absolute atomic E-state index is 12.0. The highest BCUT2D eigenvalue weighted by Crippen LogP contribution is 2.27. The smallest absolute Gasteiger partial charge is 0.306 e. The van der Waals surface area contributed by atoms with E-state index in [9.17, 15) is 14.9 Å². The number of benzene rings is 1. The average molecular weight is 329 g/mol. The van der Waals surface area contributed by atoms with Crippen molar-refractivity contribution in [3.05, 3.63) is 61.5 Å². The lowest BCUT2D eigenvalue weighted by Crippen LogP contribution is -2.08. The molecule has 0 atom stereocenters. The van der Waals surface area contributed by atoms with Crippen LogP contribution in [0, 0.1) is 10.1 Å². The molecule has 3 aromatic rings. The van der Waals surface area contributed by atoms with Crippen LogP contribution >= 0.6 is 11.3 Å². The molecule has 0 aliphatic heterocycles. The van der Waals surface area contributed by atoms with E-state index in [0.717, 1.165) is 22.6 Å². The molecule has 0 bridgehead atoms. The second-order valence-electron chi connectivity index (χ2n) is 4.61. The summed E-state index contributed by atoms with van der Waals surface area (Å²) in [6, 6.07) is 7.31. The van der Waals surface area contributed by atoms with Crippen molar-refractivity contribution in [2.24, 2.45) is 0 Å². The standard InChI is InChI=1S/C15H11N3O4S/c1-22-10-5-2-9(3-6-10)4-7-12-16-13-11(18(20)21)8-23-14(13)15(19)17-12/h2-8H,1H3,(H,16,17,19)/b7-4+. The Labute approximate surface area is 134 Å². The van der Waals surface area contributed by atoms with Crippen LogP contribution in [0.4, 0.5) is 5.69 Å². The predicted molar refractivity (Wildman–Crippen MR) is 88.8 cm³/mol. The van der Waals surface area contributed by atoms with Gasteiger partial charge in [-0.15, -0.1) is 11.3 Å². The molecule has 8 heteroatoms. The third-order valence-corrected chi connectivity index (χ3v) is 4.13. The minimum Gasteiger partial charge on any atom is -0.497 e. The summed E-state index contributed by atoms with van der Waals surface area (Å²) in [6.45, 7) is 0. The van der Waals surface area contributed by atoms with Crippen LogP contribution in [0.25, 0.3) is 22.4 Å². The van der Waals surface area contributed by atoms with Crippen molar-refractivity contribution in [3.63, 3.8) is 0 Å². The molecular formula is C15H11N3O4S. The first-order valence-corrected chi connectivity index (χ1v) is 7.44. The lowest BCUT2D eigenvalue weighted by Gasteiger charge is -1.99. The Morgan fingerprint density at radius 1 is 1.30 bits per heavy atom. The SMILES string of the molecule is COc1ccc(/C=C/c2nc3c([N+](=O)[O-])csc3c(=O)[nH]2)cc1. The van der Waals surface area contributed by atoms with Crippen molar-refractivity contribution in [2.75, 3.05) is 7.11 Å². The van der Waals surface area contributed by atoms with Crippen LogP contribution in [0.15, 0.2) is 34.4 Å². The van der Waals surface area contributed by atoms with Crippen molar-refractivity contribution in [2.45, 2.75) is 0 Å². The Bertz CT molecular complexity index is 957. The van der Waals surface area contributed by atoms with E-state index >= 15 is 0 Å². The minimum absolute atomic E-state index is 0.109. The predicted octanol–water partition coefficient (Wildman–Crippen LogP) is 3.07. The second kappa shape index (κ2) is 6.01. The van der Waals surface area contributed by atoms with Crippen molar-refractivity contribution < 1.29 is 9.66 Å². The molecule has 23 heavy (non-hydrogen) atoms. The van der Waals surface area contributed by atoms with Gasteiger partial charge in [-0.05, 0) is 23.8 Å². The third kappa shape index (κ3) is 2.97. The Hall–Kier alpha value is -3.00. The van der Waals surface area contributed by atoms with Gasteiger partial charge in [-0.3, -0.25) is 14.9 Å². The fraction of sp³-hybridized carbons (Fsp3) is 0.0667. The van der Waals surface area contributed by atoms with Crippen molar-refractivity contribution in [1.82, 2.24) is 9.97 Å². The summed E-state index contributed by atoms with van der Waals surface area (Å²) in [7, 11) is 1.59. The lowest BCUT2D eigenvalue weighted by atomic mass is 10.2. The molecule has 0 saturated heterocycles. The molecule has 0 aliphatic carbocycles. The molecule has 0 saturated carbocycles. The largest absolute Gasteiger partial charge is 0.497 e. The van der Waals surface area contributed by atoms with Crippen LogP contribution in [0.2, 0.25) is 0 Å². The summed E-state index contributed by atoms with van der Waals surface area (Å²) in [5.74, 6) is 1.00. The minimum atomic E-state index is -0.539. The number of nitro groups is 1. The summed E-state index contributed by atoms with van der Waals surface area (Å²) >= 11 is 1.01. The molecule has 0 amide bonds. The lowest BCUT2D eigenvalue weighted by molar-refractivity contribution is -0.382. The quantitative estimate of drug-likeness (QED) is 0.586. The zero-order chi connectivity index (χ0) is 16.4. The molecule has 0 fully saturated rings. The number of aromatic amines is 1. The van der Waals surface area contributed by atoms with Crippen LogP contribution in [0.1, 0.15) is 11.4 Å². The van der Waals surface area contributed by atoms with Crippen molar-refractivity contribution >= 4 is 39.4 Å². The summed E-state index contributed by atoms with van der Waals surface area (Å²) in [5, 5.41) is 12.3. The zero-order valence-electron chi connectivity index (χ0n) is 12.0. The van der Waals surface area contributed by atoms with Gasteiger partial charge in [0.2, 0.25) is 0 Å². The number of rotatable bonds is 4. The van der Waals surface area contributed by atoms with Gasteiger partial charge in [-0.25, -0.2) is 4.98 Å². The molecule has 3 rings (SSSR count). The van der Waals surface area contributed by atoms with E-state index < -0.39 is 4.92 Å². The first kappa shape index (κ1) is 14.9. The van der Waals surface area contributed by atoms with Crippen molar-refractivity contribution in [1.29, 1.82) is 0 Å². The molecule has 0 spiro atoms. The summed E-state index contributed by atoms with van der Waals surface area (Å²) in [5.41, 5.74) is 0.448. The third-order valence-electron chi connectivity index (χ3n) is 3.17. The zero-order valence-corrected chi connectivity index (χ0v) is 12.8. The Kier molecular flexibility index (Phi) is 3.90. The highest BCUT2D eigenvalue weighted by Gasteiger charge is 2.18. The maximum atomic E-state index is 12.0. The van der Waals surface area contributed by atoms with Gasteiger partial charge in [-0.2, -0.15) is 0 Å². The van der Waals surface area contributed by atoms with Gasteiger partial charge in [0, 0.05) is 0 Å². The van der Waals surface area contributed by atoms with E-state index in [2.05, 4.69) is 9.97 Å². The van der Waals surface area contributed by atoms with Gasteiger partial charge in [0.15, 0.2) is 5.52 Å². The number of nitrogens with zero attached hydrogens (tertiary/aromatic N) is 2. The number of thiophene rings is 1. The Morgan fingerprint density at radius 3 is 2.70 bits per heavy atom. The highest BCUT2D eigenvalue weighted by molar-refractivity contribution is 7.17. The number of ether oxygens (including phenoxy) is 1. The Morgan fingerprint density at radius 2 is 2.04 bits per heavy atom. The fourth-order valence-corrected chi connectivity index (χ4v) is 2.88. The molecule has 0 unspecified atom stereocenters. The van der Waals surface area contributed by atoms with E-state index in [-0.39, 0.29) is 27.3 Å². The molecule has 1 N–H and O–H groups in total. The molecule has 2 aromatic heterocycles.